The van der Waals surface area contributed by atoms with E-state index in [1.165, 1.54) is 11.4 Å². The maximum Gasteiger partial charge on any atom is 0.306 e. The minimum absolute atomic E-state index is 0.134. The number of carbonyl (C=O) groups excluding carboxylic acids is 1. The number of nitrogens with one attached hydrogen (secondary N) is 1. The van der Waals surface area contributed by atoms with Crippen molar-refractivity contribution in [2.75, 3.05) is 35.6 Å². The fraction of sp³-hybridized carbons (Fsp3) is 0.462. The van der Waals surface area contributed by atoms with Gasteiger partial charge in [-0.1, -0.05) is 12.1 Å². The van der Waals surface area contributed by atoms with Crippen LogP contribution in [-0.2, 0) is 19.6 Å². The van der Waals surface area contributed by atoms with Gasteiger partial charge in [-0.05, 0) is 18.6 Å². The summed E-state index contributed by atoms with van der Waals surface area (Å²) in [6.45, 7) is 1.13. The van der Waals surface area contributed by atoms with Crippen LogP contribution >= 0.6 is 0 Å². The molecule has 0 saturated heterocycles. The molecule has 20 heavy (non-hydrogen) atoms. The molecule has 0 amide bonds. The van der Waals surface area contributed by atoms with Crippen LogP contribution in [0.4, 0.5) is 11.4 Å². The summed E-state index contributed by atoms with van der Waals surface area (Å²) in [5.74, 6) is -0.761. The summed E-state index contributed by atoms with van der Waals surface area (Å²) in [6.07, 6.45) is 0.580. The number of para-hydroxylation sites is 2. The van der Waals surface area contributed by atoms with Crippen molar-refractivity contribution < 1.29 is 17.9 Å². The molecular formula is C13H18N2O4S. The van der Waals surface area contributed by atoms with Crippen molar-refractivity contribution in [3.63, 3.8) is 0 Å². The van der Waals surface area contributed by atoms with Crippen molar-refractivity contribution >= 4 is 27.4 Å². The highest BCUT2D eigenvalue weighted by molar-refractivity contribution is 7.92. The third kappa shape index (κ3) is 3.22. The third-order valence-corrected chi connectivity index (χ3v) is 4.92. The van der Waals surface area contributed by atoms with Crippen LogP contribution in [0.25, 0.3) is 0 Å². The molecule has 0 unspecified atom stereocenters. The van der Waals surface area contributed by atoms with Gasteiger partial charge in [0.05, 0.1) is 30.7 Å². The lowest BCUT2D eigenvalue weighted by atomic mass is 10.2. The van der Waals surface area contributed by atoms with Gasteiger partial charge in [-0.15, -0.1) is 0 Å². The Balaban J connectivity index is 2.24. The van der Waals surface area contributed by atoms with E-state index in [-0.39, 0.29) is 12.2 Å². The SMILES string of the molecule is COC(=O)CCS(=O)(=O)N1CCCNc2ccccc21. The highest BCUT2D eigenvalue weighted by atomic mass is 32.2. The largest absolute Gasteiger partial charge is 0.469 e. The smallest absolute Gasteiger partial charge is 0.306 e. The molecule has 0 saturated carbocycles. The highest BCUT2D eigenvalue weighted by Gasteiger charge is 2.26. The number of methoxy groups -OCH3 is 1. The van der Waals surface area contributed by atoms with E-state index in [0.29, 0.717) is 18.7 Å². The zero-order chi connectivity index (χ0) is 14.6. The second kappa shape index (κ2) is 6.13. The van der Waals surface area contributed by atoms with Gasteiger partial charge in [0, 0.05) is 13.1 Å². The number of anilines is 2. The first-order valence-electron chi connectivity index (χ1n) is 6.45. The summed E-state index contributed by atoms with van der Waals surface area (Å²) in [5, 5.41) is 3.21. The second-order valence-corrected chi connectivity index (χ2v) is 6.52. The van der Waals surface area contributed by atoms with Crippen molar-refractivity contribution in [2.24, 2.45) is 0 Å². The average Bonchev–Trinajstić information content (AvgIpc) is 2.67. The van der Waals surface area contributed by atoms with Crippen molar-refractivity contribution in [3.8, 4) is 0 Å². The maximum absolute atomic E-state index is 12.4. The van der Waals surface area contributed by atoms with E-state index in [2.05, 4.69) is 10.1 Å². The van der Waals surface area contributed by atoms with Gasteiger partial charge < -0.3 is 10.1 Å². The molecule has 1 aliphatic rings. The molecule has 1 heterocycles. The standard InChI is InChI=1S/C13H18N2O4S/c1-19-13(16)7-10-20(17,18)15-9-4-8-14-11-5-2-3-6-12(11)15/h2-3,5-6,14H,4,7-10H2,1H3. The zero-order valence-electron chi connectivity index (χ0n) is 11.3. The number of esters is 1. The van der Waals surface area contributed by atoms with Gasteiger partial charge in [-0.3, -0.25) is 9.10 Å². The van der Waals surface area contributed by atoms with E-state index in [1.54, 1.807) is 12.1 Å². The molecule has 1 aromatic rings. The molecule has 7 heteroatoms. The minimum Gasteiger partial charge on any atom is -0.469 e. The van der Waals surface area contributed by atoms with Crippen LogP contribution in [0.15, 0.2) is 24.3 Å². The van der Waals surface area contributed by atoms with E-state index in [0.717, 1.165) is 12.2 Å². The van der Waals surface area contributed by atoms with Crippen molar-refractivity contribution in [1.82, 2.24) is 0 Å². The Morgan fingerprint density at radius 2 is 2.15 bits per heavy atom. The van der Waals surface area contributed by atoms with Gasteiger partial charge in [0.15, 0.2) is 0 Å². The van der Waals surface area contributed by atoms with Gasteiger partial charge in [0.25, 0.3) is 0 Å². The van der Waals surface area contributed by atoms with E-state index < -0.39 is 16.0 Å². The van der Waals surface area contributed by atoms with Gasteiger partial charge in [0.2, 0.25) is 10.0 Å². The Kier molecular flexibility index (Phi) is 4.49. The summed E-state index contributed by atoms with van der Waals surface area (Å²) in [7, 11) is -2.28. The molecule has 1 N–H and O–H groups in total. The van der Waals surface area contributed by atoms with E-state index >= 15 is 0 Å². The Bertz CT molecular complexity index is 586. The molecule has 110 valence electrons. The number of ether oxygens (including phenoxy) is 1. The first-order valence-corrected chi connectivity index (χ1v) is 8.05. The summed E-state index contributed by atoms with van der Waals surface area (Å²) >= 11 is 0. The number of rotatable bonds is 4. The fourth-order valence-corrected chi connectivity index (χ4v) is 3.63. The van der Waals surface area contributed by atoms with Gasteiger partial charge >= 0.3 is 5.97 Å². The minimum atomic E-state index is -3.53. The highest BCUT2D eigenvalue weighted by Crippen LogP contribution is 2.30. The Hall–Kier alpha value is -1.76. The number of hydrogen-bond acceptors (Lipinski definition) is 5. The van der Waals surface area contributed by atoms with Crippen LogP contribution in [0, 0.1) is 0 Å². The molecule has 6 nitrogen and oxygen atoms in total. The van der Waals surface area contributed by atoms with Gasteiger partial charge in [-0.25, -0.2) is 8.42 Å². The Labute approximate surface area is 118 Å². The van der Waals surface area contributed by atoms with Crippen LogP contribution < -0.4 is 9.62 Å². The quantitative estimate of drug-likeness (QED) is 0.845. The van der Waals surface area contributed by atoms with Crippen molar-refractivity contribution in [2.45, 2.75) is 12.8 Å². The second-order valence-electron chi connectivity index (χ2n) is 4.51. The average molecular weight is 298 g/mol. The van der Waals surface area contributed by atoms with E-state index in [4.69, 9.17) is 0 Å². The predicted molar refractivity (Wildman–Crippen MR) is 77.3 cm³/mol. The van der Waals surface area contributed by atoms with E-state index in [9.17, 15) is 13.2 Å². The summed E-state index contributed by atoms with van der Waals surface area (Å²) in [5.41, 5.74) is 1.43. The number of nitrogens with zero attached hydrogens (tertiary/aromatic N) is 1. The third-order valence-electron chi connectivity index (χ3n) is 3.15. The number of hydrogen-bond donors (Lipinski definition) is 1. The molecule has 2 rings (SSSR count). The van der Waals surface area contributed by atoms with Crippen LogP contribution in [0.1, 0.15) is 12.8 Å². The zero-order valence-corrected chi connectivity index (χ0v) is 12.1. The molecule has 1 aliphatic heterocycles. The van der Waals surface area contributed by atoms with Crippen LogP contribution in [-0.4, -0.2) is 40.3 Å². The number of sulfonamides is 1. The molecule has 0 spiro atoms. The fourth-order valence-electron chi connectivity index (χ4n) is 2.12. The number of carbonyl (C=O) groups is 1. The molecule has 0 atom stereocenters. The number of fused-ring (bicyclic) bond motifs is 1. The van der Waals surface area contributed by atoms with Crippen LogP contribution in [0.2, 0.25) is 0 Å². The number of benzene rings is 1. The van der Waals surface area contributed by atoms with Crippen molar-refractivity contribution in [3.05, 3.63) is 24.3 Å². The maximum atomic E-state index is 12.4. The molecule has 0 bridgehead atoms. The lowest BCUT2D eigenvalue weighted by molar-refractivity contribution is -0.140. The Morgan fingerprint density at radius 1 is 1.40 bits per heavy atom. The van der Waals surface area contributed by atoms with Crippen molar-refractivity contribution in [1.29, 1.82) is 0 Å². The van der Waals surface area contributed by atoms with Gasteiger partial charge in [0.1, 0.15) is 0 Å². The monoisotopic (exact) mass is 298 g/mol. The van der Waals surface area contributed by atoms with Gasteiger partial charge in [-0.2, -0.15) is 0 Å². The predicted octanol–water partition coefficient (Wildman–Crippen LogP) is 1.20. The lowest BCUT2D eigenvalue weighted by Crippen LogP contribution is -2.34. The molecule has 0 aromatic heterocycles. The summed E-state index contributed by atoms with van der Waals surface area (Å²) in [6, 6.07) is 7.28. The Morgan fingerprint density at radius 3 is 2.90 bits per heavy atom. The molecular weight excluding hydrogens is 280 g/mol. The summed E-state index contributed by atoms with van der Waals surface area (Å²) in [4.78, 5) is 11.1. The first kappa shape index (κ1) is 14.6. The molecule has 0 fully saturated rings. The topological polar surface area (TPSA) is 75.7 Å². The molecule has 0 aliphatic carbocycles. The van der Waals surface area contributed by atoms with E-state index in [1.807, 2.05) is 12.1 Å². The summed E-state index contributed by atoms with van der Waals surface area (Å²) < 4.78 is 30.7. The van der Waals surface area contributed by atoms with Crippen LogP contribution in [0.5, 0.6) is 0 Å². The first-order chi connectivity index (χ1) is 9.54. The molecule has 1 aromatic carbocycles. The molecule has 0 radical (unpaired) electrons. The van der Waals surface area contributed by atoms with Crippen LogP contribution in [0.3, 0.4) is 0 Å². The normalized spacial score (nSPS) is 14.9. The lowest BCUT2D eigenvalue weighted by Gasteiger charge is -2.23.